The number of nitrogens with zero attached hydrogens (tertiary/aromatic N) is 2. The van der Waals surface area contributed by atoms with Crippen molar-refractivity contribution in [2.24, 2.45) is 0 Å². The zero-order valence-electron chi connectivity index (χ0n) is 24.8. The molecule has 0 fully saturated rings. The molecule has 3 aromatic rings. The van der Waals surface area contributed by atoms with E-state index in [0.717, 1.165) is 9.20 Å². The van der Waals surface area contributed by atoms with Crippen molar-refractivity contribution in [1.29, 1.82) is 0 Å². The number of ether oxygens (including phenoxy) is 1. The van der Waals surface area contributed by atoms with Crippen LogP contribution in [0.4, 0.5) is 5.69 Å². The Bertz CT molecular complexity index is 1520. The first-order valence-corrected chi connectivity index (χ1v) is 17.3. The van der Waals surface area contributed by atoms with E-state index >= 15 is 0 Å². The van der Waals surface area contributed by atoms with Crippen molar-refractivity contribution in [3.63, 3.8) is 0 Å². The van der Waals surface area contributed by atoms with Gasteiger partial charge in [0.1, 0.15) is 18.3 Å². The number of nitrogens with one attached hydrogen (secondary N) is 1. The second-order valence-electron chi connectivity index (χ2n) is 9.95. The summed E-state index contributed by atoms with van der Waals surface area (Å²) in [6.07, 6.45) is 2.19. The first-order valence-electron chi connectivity index (χ1n) is 13.8. The summed E-state index contributed by atoms with van der Waals surface area (Å²) in [5, 5.41) is 3.53. The predicted molar refractivity (Wildman–Crippen MR) is 175 cm³/mol. The highest BCUT2D eigenvalue weighted by Crippen LogP contribution is 2.33. The number of sulfonamides is 1. The largest absolute Gasteiger partial charge is 0.492 e. The van der Waals surface area contributed by atoms with Crippen molar-refractivity contribution >= 4 is 62.5 Å². The molecule has 1 N–H and O–H groups in total. The molecule has 0 aromatic heterocycles. The predicted octanol–water partition coefficient (Wildman–Crippen LogP) is 6.64. The first kappa shape index (κ1) is 34.6. The number of hydrogen-bond acceptors (Lipinski definition) is 6. The molecular formula is C31H37Cl2N3O5S2. The van der Waals surface area contributed by atoms with Gasteiger partial charge in [-0.2, -0.15) is 0 Å². The van der Waals surface area contributed by atoms with Crippen LogP contribution in [0.15, 0.2) is 76.5 Å². The molecule has 0 heterocycles. The Morgan fingerprint density at radius 3 is 2.23 bits per heavy atom. The highest BCUT2D eigenvalue weighted by molar-refractivity contribution is 7.98. The summed E-state index contributed by atoms with van der Waals surface area (Å²) in [5.74, 6) is -0.613. The Morgan fingerprint density at radius 2 is 1.65 bits per heavy atom. The standard InChI is InChI=1S/C31H37Cl2N3O5S2/c1-6-27(31(38)34-21(3)4)35(19-22-12-17-25(32)26(33)18-22)30(37)20-36(28-10-8-9-11-29(28)41-7-2)43(39,40)24-15-13-23(42-5)14-16-24/h8-18,21,27H,6-7,19-20H2,1-5H3,(H,34,38). The lowest BCUT2D eigenvalue weighted by Gasteiger charge is -2.34. The van der Waals surface area contributed by atoms with Gasteiger partial charge in [-0.05, 0) is 87.5 Å². The fraction of sp³-hybridized carbons (Fsp3) is 0.355. The van der Waals surface area contributed by atoms with Gasteiger partial charge in [0.25, 0.3) is 10.0 Å². The zero-order valence-corrected chi connectivity index (χ0v) is 28.0. The monoisotopic (exact) mass is 665 g/mol. The van der Waals surface area contributed by atoms with E-state index in [2.05, 4.69) is 5.32 Å². The summed E-state index contributed by atoms with van der Waals surface area (Å²) in [5.41, 5.74) is 0.844. The van der Waals surface area contributed by atoms with Crippen molar-refractivity contribution in [2.75, 3.05) is 23.7 Å². The molecule has 0 aliphatic heterocycles. The van der Waals surface area contributed by atoms with Crippen LogP contribution in [0, 0.1) is 0 Å². The quantitative estimate of drug-likeness (QED) is 0.194. The third-order valence-corrected chi connectivity index (χ3v) is 9.77. The van der Waals surface area contributed by atoms with E-state index in [1.807, 2.05) is 20.1 Å². The summed E-state index contributed by atoms with van der Waals surface area (Å²) in [7, 11) is -4.25. The molecule has 1 atom stereocenters. The van der Waals surface area contributed by atoms with Gasteiger partial charge in [-0.1, -0.05) is 48.3 Å². The SMILES string of the molecule is CCOc1ccccc1N(CC(=O)N(Cc1ccc(Cl)c(Cl)c1)C(CC)C(=O)NC(C)C)S(=O)(=O)c1ccc(SC)cc1. The molecule has 0 saturated carbocycles. The van der Waals surface area contributed by atoms with Gasteiger partial charge in [0.2, 0.25) is 11.8 Å². The molecular weight excluding hydrogens is 629 g/mol. The summed E-state index contributed by atoms with van der Waals surface area (Å²) in [6, 6.07) is 17.0. The maximum absolute atomic E-state index is 14.3. The molecule has 8 nitrogen and oxygen atoms in total. The lowest BCUT2D eigenvalue weighted by molar-refractivity contribution is -0.140. The van der Waals surface area contributed by atoms with Gasteiger partial charge in [-0.3, -0.25) is 13.9 Å². The number of carbonyl (C=O) groups is 2. The van der Waals surface area contributed by atoms with Crippen LogP contribution in [0.1, 0.15) is 39.7 Å². The molecule has 232 valence electrons. The van der Waals surface area contributed by atoms with Gasteiger partial charge < -0.3 is 15.0 Å². The fourth-order valence-corrected chi connectivity index (χ4v) is 6.62. The molecule has 43 heavy (non-hydrogen) atoms. The molecule has 0 spiro atoms. The minimum atomic E-state index is -4.25. The average molecular weight is 667 g/mol. The summed E-state index contributed by atoms with van der Waals surface area (Å²) < 4.78 is 35.2. The van der Waals surface area contributed by atoms with Gasteiger partial charge in [0, 0.05) is 17.5 Å². The van der Waals surface area contributed by atoms with Crippen molar-refractivity contribution in [3.8, 4) is 5.75 Å². The van der Waals surface area contributed by atoms with Crippen LogP contribution in [0.3, 0.4) is 0 Å². The number of para-hydroxylation sites is 2. The highest BCUT2D eigenvalue weighted by atomic mass is 35.5. The number of anilines is 1. The highest BCUT2D eigenvalue weighted by Gasteiger charge is 2.35. The van der Waals surface area contributed by atoms with Crippen LogP contribution in [-0.4, -0.2) is 56.6 Å². The van der Waals surface area contributed by atoms with Crippen molar-refractivity contribution < 1.29 is 22.7 Å². The molecule has 1 unspecified atom stereocenters. The zero-order chi connectivity index (χ0) is 31.7. The van der Waals surface area contributed by atoms with Gasteiger partial charge in [-0.25, -0.2) is 8.42 Å². The summed E-state index contributed by atoms with van der Waals surface area (Å²) in [4.78, 5) is 29.9. The number of halogens is 2. The molecule has 3 aromatic carbocycles. The minimum Gasteiger partial charge on any atom is -0.492 e. The van der Waals surface area contributed by atoms with E-state index in [4.69, 9.17) is 27.9 Å². The number of amides is 2. The lowest BCUT2D eigenvalue weighted by atomic mass is 10.1. The van der Waals surface area contributed by atoms with Gasteiger partial charge in [-0.15, -0.1) is 11.8 Å². The second kappa shape index (κ2) is 15.7. The second-order valence-corrected chi connectivity index (χ2v) is 13.5. The van der Waals surface area contributed by atoms with E-state index in [1.165, 1.54) is 28.8 Å². The lowest BCUT2D eigenvalue weighted by Crippen LogP contribution is -2.53. The average Bonchev–Trinajstić information content (AvgIpc) is 2.97. The summed E-state index contributed by atoms with van der Waals surface area (Å²) in [6.45, 7) is 6.96. The van der Waals surface area contributed by atoms with Gasteiger partial charge in [0.05, 0.1) is 27.2 Å². The topological polar surface area (TPSA) is 96.0 Å². The van der Waals surface area contributed by atoms with Crippen LogP contribution in [0.5, 0.6) is 5.75 Å². The maximum Gasteiger partial charge on any atom is 0.264 e. The van der Waals surface area contributed by atoms with Crippen LogP contribution in [-0.2, 0) is 26.2 Å². The smallest absolute Gasteiger partial charge is 0.264 e. The Balaban J connectivity index is 2.13. The van der Waals surface area contributed by atoms with Crippen LogP contribution >= 0.6 is 35.0 Å². The normalized spacial score (nSPS) is 12.1. The van der Waals surface area contributed by atoms with E-state index in [9.17, 15) is 18.0 Å². The number of thioether (sulfide) groups is 1. The van der Waals surface area contributed by atoms with E-state index in [-0.39, 0.29) is 35.7 Å². The number of rotatable bonds is 14. The van der Waals surface area contributed by atoms with E-state index in [0.29, 0.717) is 27.8 Å². The third kappa shape index (κ3) is 8.81. The molecule has 3 rings (SSSR count). The number of benzene rings is 3. The molecule has 0 aliphatic rings. The molecule has 0 radical (unpaired) electrons. The van der Waals surface area contributed by atoms with E-state index in [1.54, 1.807) is 68.4 Å². The summed E-state index contributed by atoms with van der Waals surface area (Å²) >= 11 is 13.9. The van der Waals surface area contributed by atoms with Crippen molar-refractivity contribution in [1.82, 2.24) is 10.2 Å². The fourth-order valence-electron chi connectivity index (χ4n) is 4.46. The Hall–Kier alpha value is -2.92. The molecule has 2 amide bonds. The Morgan fingerprint density at radius 1 is 0.977 bits per heavy atom. The van der Waals surface area contributed by atoms with E-state index < -0.39 is 28.5 Å². The van der Waals surface area contributed by atoms with Crippen LogP contribution in [0.2, 0.25) is 10.0 Å². The van der Waals surface area contributed by atoms with Crippen LogP contribution < -0.4 is 14.4 Å². The van der Waals surface area contributed by atoms with Crippen molar-refractivity contribution in [2.45, 2.75) is 62.5 Å². The minimum absolute atomic E-state index is 0.00313. The molecule has 12 heteroatoms. The van der Waals surface area contributed by atoms with Gasteiger partial charge in [0.15, 0.2) is 0 Å². The third-order valence-electron chi connectivity index (χ3n) is 6.51. The maximum atomic E-state index is 14.3. The first-order chi connectivity index (χ1) is 20.4. The van der Waals surface area contributed by atoms with Gasteiger partial charge >= 0.3 is 0 Å². The van der Waals surface area contributed by atoms with Crippen molar-refractivity contribution in [3.05, 3.63) is 82.3 Å². The molecule has 0 bridgehead atoms. The number of hydrogen-bond donors (Lipinski definition) is 1. The molecule has 0 saturated heterocycles. The Labute approximate surface area is 268 Å². The number of carbonyl (C=O) groups excluding carboxylic acids is 2. The Kier molecular flexibility index (Phi) is 12.6. The van der Waals surface area contributed by atoms with Crippen LogP contribution in [0.25, 0.3) is 0 Å². The molecule has 0 aliphatic carbocycles.